The van der Waals surface area contributed by atoms with Crippen LogP contribution in [0.5, 0.6) is 0 Å². The second-order valence-corrected chi connectivity index (χ2v) is 5.97. The van der Waals surface area contributed by atoms with Gasteiger partial charge in [-0.1, -0.05) is 0 Å². The molecule has 1 aliphatic heterocycles. The number of carbonyl (C=O) groups excluding carboxylic acids is 1. The summed E-state index contributed by atoms with van der Waals surface area (Å²) in [6, 6.07) is 0. The highest BCUT2D eigenvalue weighted by molar-refractivity contribution is 7.89. The van der Waals surface area contributed by atoms with Crippen LogP contribution in [0.15, 0.2) is 0 Å². The molecular formula is C10H19NO4S. The summed E-state index contributed by atoms with van der Waals surface area (Å²) in [7, 11) is -3.19. The molecule has 1 rings (SSSR count). The van der Waals surface area contributed by atoms with Gasteiger partial charge in [0.1, 0.15) is 6.29 Å². The normalized spacial score (nSPS) is 19.8. The first-order valence-electron chi connectivity index (χ1n) is 5.61. The van der Waals surface area contributed by atoms with Gasteiger partial charge in [-0.15, -0.1) is 0 Å². The Labute approximate surface area is 96.8 Å². The van der Waals surface area contributed by atoms with E-state index in [1.165, 1.54) is 4.31 Å². The van der Waals surface area contributed by atoms with Crippen LogP contribution in [0.2, 0.25) is 0 Å². The summed E-state index contributed by atoms with van der Waals surface area (Å²) >= 11 is 0. The first-order chi connectivity index (χ1) is 7.60. The Bertz CT molecular complexity index is 307. The highest BCUT2D eigenvalue weighted by Gasteiger charge is 2.27. The molecule has 0 unspecified atom stereocenters. The maximum Gasteiger partial charge on any atom is 0.216 e. The standard InChI is InChI=1S/C10H19NO4S/c1-2-15-7-8-16(13,14)11-5-3-10(9-12)4-6-11/h9-10H,2-8H2,1H3. The maximum absolute atomic E-state index is 11.8. The molecule has 0 bridgehead atoms. The molecule has 0 amide bonds. The number of ether oxygens (including phenoxy) is 1. The van der Waals surface area contributed by atoms with Gasteiger partial charge in [-0.2, -0.15) is 0 Å². The van der Waals surface area contributed by atoms with Crippen molar-refractivity contribution in [1.82, 2.24) is 4.31 Å². The van der Waals surface area contributed by atoms with E-state index in [0.29, 0.717) is 32.5 Å². The monoisotopic (exact) mass is 249 g/mol. The SMILES string of the molecule is CCOCCS(=O)(=O)N1CCC(C=O)CC1. The zero-order valence-electron chi connectivity index (χ0n) is 9.59. The molecule has 1 saturated heterocycles. The van der Waals surface area contributed by atoms with Crippen LogP contribution in [-0.4, -0.2) is 51.1 Å². The van der Waals surface area contributed by atoms with E-state index in [1.54, 1.807) is 0 Å². The van der Waals surface area contributed by atoms with E-state index in [-0.39, 0.29) is 18.3 Å². The third-order valence-electron chi connectivity index (χ3n) is 2.77. The molecule has 6 heteroatoms. The topological polar surface area (TPSA) is 63.7 Å². The van der Waals surface area contributed by atoms with Crippen LogP contribution in [-0.2, 0) is 19.6 Å². The Balaban J connectivity index is 2.42. The van der Waals surface area contributed by atoms with Crippen molar-refractivity contribution in [2.75, 3.05) is 32.1 Å². The number of hydrogen-bond donors (Lipinski definition) is 0. The van der Waals surface area contributed by atoms with E-state index in [2.05, 4.69) is 0 Å². The largest absolute Gasteiger partial charge is 0.381 e. The second-order valence-electron chi connectivity index (χ2n) is 3.89. The molecule has 0 radical (unpaired) electrons. The summed E-state index contributed by atoms with van der Waals surface area (Å²) in [5.74, 6) is 0.0606. The van der Waals surface area contributed by atoms with Crippen molar-refractivity contribution < 1.29 is 17.9 Å². The third-order valence-corrected chi connectivity index (χ3v) is 4.61. The van der Waals surface area contributed by atoms with E-state index in [0.717, 1.165) is 6.29 Å². The third kappa shape index (κ3) is 3.84. The lowest BCUT2D eigenvalue weighted by atomic mass is 10.0. The molecule has 0 atom stereocenters. The Morgan fingerprint density at radius 2 is 2.00 bits per heavy atom. The van der Waals surface area contributed by atoms with Crippen LogP contribution in [0.1, 0.15) is 19.8 Å². The summed E-state index contributed by atoms with van der Waals surface area (Å²) in [5, 5.41) is 0. The van der Waals surface area contributed by atoms with E-state index >= 15 is 0 Å². The predicted molar refractivity (Wildman–Crippen MR) is 60.6 cm³/mol. The molecule has 0 aromatic carbocycles. The zero-order valence-corrected chi connectivity index (χ0v) is 10.4. The fourth-order valence-corrected chi connectivity index (χ4v) is 3.08. The summed E-state index contributed by atoms with van der Waals surface area (Å²) in [6.07, 6.45) is 2.19. The summed E-state index contributed by atoms with van der Waals surface area (Å²) in [6.45, 7) is 3.52. The van der Waals surface area contributed by atoms with Gasteiger partial charge in [0, 0.05) is 25.6 Å². The van der Waals surface area contributed by atoms with Gasteiger partial charge in [0.05, 0.1) is 12.4 Å². The maximum atomic E-state index is 11.8. The fourth-order valence-electron chi connectivity index (χ4n) is 1.73. The average Bonchev–Trinajstić information content (AvgIpc) is 2.29. The molecular weight excluding hydrogens is 230 g/mol. The minimum Gasteiger partial charge on any atom is -0.381 e. The lowest BCUT2D eigenvalue weighted by Crippen LogP contribution is -2.40. The van der Waals surface area contributed by atoms with E-state index in [4.69, 9.17) is 4.74 Å². The molecule has 0 aromatic rings. The number of sulfonamides is 1. The number of piperidine rings is 1. The lowest BCUT2D eigenvalue weighted by Gasteiger charge is -2.28. The summed E-state index contributed by atoms with van der Waals surface area (Å²) in [5.41, 5.74) is 0. The van der Waals surface area contributed by atoms with Crippen LogP contribution < -0.4 is 0 Å². The van der Waals surface area contributed by atoms with Gasteiger partial charge in [0.2, 0.25) is 10.0 Å². The van der Waals surface area contributed by atoms with E-state index < -0.39 is 10.0 Å². The molecule has 16 heavy (non-hydrogen) atoms. The predicted octanol–water partition coefficient (Wildman–Crippen LogP) is 0.264. The van der Waals surface area contributed by atoms with Crippen molar-refractivity contribution in [3.05, 3.63) is 0 Å². The fraction of sp³-hybridized carbons (Fsp3) is 0.900. The number of aldehydes is 1. The number of nitrogens with zero attached hydrogens (tertiary/aromatic N) is 1. The van der Waals surface area contributed by atoms with Crippen LogP contribution in [0.3, 0.4) is 0 Å². The highest BCUT2D eigenvalue weighted by Crippen LogP contribution is 2.17. The Morgan fingerprint density at radius 3 is 2.50 bits per heavy atom. The van der Waals surface area contributed by atoms with Gasteiger partial charge in [-0.25, -0.2) is 12.7 Å². The van der Waals surface area contributed by atoms with Crippen molar-refractivity contribution in [2.45, 2.75) is 19.8 Å². The van der Waals surface area contributed by atoms with Crippen LogP contribution >= 0.6 is 0 Å². The molecule has 1 fully saturated rings. The molecule has 0 spiro atoms. The van der Waals surface area contributed by atoms with Crippen LogP contribution in [0.25, 0.3) is 0 Å². The highest BCUT2D eigenvalue weighted by atomic mass is 32.2. The second kappa shape index (κ2) is 6.32. The van der Waals surface area contributed by atoms with Gasteiger partial charge in [-0.3, -0.25) is 0 Å². The van der Waals surface area contributed by atoms with E-state index in [9.17, 15) is 13.2 Å². The van der Waals surface area contributed by atoms with Crippen molar-refractivity contribution in [1.29, 1.82) is 0 Å². The van der Waals surface area contributed by atoms with Gasteiger partial charge < -0.3 is 9.53 Å². The van der Waals surface area contributed by atoms with Crippen molar-refractivity contribution >= 4 is 16.3 Å². The molecule has 0 N–H and O–H groups in total. The number of hydrogen-bond acceptors (Lipinski definition) is 4. The van der Waals surface area contributed by atoms with Crippen LogP contribution in [0, 0.1) is 5.92 Å². The quantitative estimate of drug-likeness (QED) is 0.500. The Kier molecular flexibility index (Phi) is 5.37. The molecule has 0 aromatic heterocycles. The number of carbonyl (C=O) groups is 1. The number of rotatable bonds is 6. The Hall–Kier alpha value is -0.460. The molecule has 0 aliphatic carbocycles. The lowest BCUT2D eigenvalue weighted by molar-refractivity contribution is -0.112. The summed E-state index contributed by atoms with van der Waals surface area (Å²) < 4.78 is 30.1. The zero-order chi connectivity index (χ0) is 12.0. The van der Waals surface area contributed by atoms with Gasteiger partial charge in [-0.05, 0) is 19.8 Å². The first kappa shape index (κ1) is 13.6. The Morgan fingerprint density at radius 1 is 1.38 bits per heavy atom. The van der Waals surface area contributed by atoms with Crippen LogP contribution in [0.4, 0.5) is 0 Å². The minimum absolute atomic E-state index is 0.0262. The van der Waals surface area contributed by atoms with Crippen molar-refractivity contribution in [2.24, 2.45) is 5.92 Å². The molecule has 1 heterocycles. The summed E-state index contributed by atoms with van der Waals surface area (Å²) in [4.78, 5) is 10.5. The van der Waals surface area contributed by atoms with Gasteiger partial charge in [0.25, 0.3) is 0 Å². The molecule has 1 aliphatic rings. The minimum atomic E-state index is -3.19. The van der Waals surface area contributed by atoms with Crippen molar-refractivity contribution in [3.63, 3.8) is 0 Å². The molecule has 5 nitrogen and oxygen atoms in total. The smallest absolute Gasteiger partial charge is 0.216 e. The van der Waals surface area contributed by atoms with Gasteiger partial charge in [0.15, 0.2) is 0 Å². The first-order valence-corrected chi connectivity index (χ1v) is 7.22. The van der Waals surface area contributed by atoms with E-state index in [1.807, 2.05) is 6.92 Å². The average molecular weight is 249 g/mol. The van der Waals surface area contributed by atoms with Crippen molar-refractivity contribution in [3.8, 4) is 0 Å². The van der Waals surface area contributed by atoms with Gasteiger partial charge >= 0.3 is 0 Å². The molecule has 94 valence electrons. The molecule has 0 saturated carbocycles.